The van der Waals surface area contributed by atoms with Crippen molar-refractivity contribution in [1.29, 1.82) is 0 Å². The van der Waals surface area contributed by atoms with Crippen molar-refractivity contribution in [2.45, 2.75) is 6.54 Å². The van der Waals surface area contributed by atoms with E-state index in [4.69, 9.17) is 4.74 Å². The first-order valence-electron chi connectivity index (χ1n) is 20.3. The Labute approximate surface area is 394 Å². The summed E-state index contributed by atoms with van der Waals surface area (Å²) in [6.45, 7) is 0.726. The fraction of sp³-hybridized carbons (Fsp3) is 0.0204. The molecule has 0 N–H and O–H groups in total. The number of rotatable bonds is 8. The number of hydrogen-bond donors (Lipinski definition) is 0. The average molecular weight is 1040 g/mol. The van der Waals surface area contributed by atoms with Crippen molar-refractivity contribution in [3.8, 4) is 11.6 Å². The number of fused-ring (bicyclic) bond motifs is 3. The third kappa shape index (κ3) is 8.17. The topological polar surface area (TPSA) is 26.0 Å². The van der Waals surface area contributed by atoms with Crippen LogP contribution in [-0.2, 0) is 6.54 Å². The predicted molar refractivity (Wildman–Crippen MR) is 221 cm³/mol. The first-order valence-corrected chi connectivity index (χ1v) is 20.3. The summed E-state index contributed by atoms with van der Waals surface area (Å²) >= 11 is 0. The van der Waals surface area contributed by atoms with E-state index >= 15 is 35.1 Å². The van der Waals surface area contributed by atoms with Gasteiger partial charge in [-0.1, -0.05) is 78.9 Å². The maximum absolute atomic E-state index is 15.4. The molecule has 0 unspecified atom stereocenters. The Balaban J connectivity index is 0.000000216. The molecule has 3 nitrogen and oxygen atoms in total. The zero-order chi connectivity index (χ0) is 53.1. The molecule has 73 heavy (non-hydrogen) atoms. The van der Waals surface area contributed by atoms with Crippen LogP contribution in [0.3, 0.4) is 0 Å². The van der Waals surface area contributed by atoms with Gasteiger partial charge in [-0.25, -0.2) is 92.8 Å². The van der Waals surface area contributed by atoms with Gasteiger partial charge in [0.25, 0.3) is 0 Å². The molecule has 0 radical (unpaired) electrons. The monoisotopic (exact) mass is 1040 g/mol. The number of benzene rings is 8. The molecular formula is C49H19BF20N2O. The van der Waals surface area contributed by atoms with E-state index in [1.807, 2.05) is 18.3 Å². The third-order valence-corrected chi connectivity index (χ3v) is 11.6. The minimum atomic E-state index is -7.22. The lowest BCUT2D eigenvalue weighted by Gasteiger charge is -2.44. The molecule has 0 aliphatic carbocycles. The van der Waals surface area contributed by atoms with Gasteiger partial charge in [-0.2, -0.15) is 4.57 Å². The molecule has 0 fully saturated rings. The van der Waals surface area contributed by atoms with Gasteiger partial charge in [0.15, 0.2) is 82.5 Å². The van der Waals surface area contributed by atoms with Crippen molar-refractivity contribution in [2.24, 2.45) is 0 Å². The molecule has 0 aliphatic rings. The van der Waals surface area contributed by atoms with Crippen molar-refractivity contribution in [2.75, 3.05) is 0 Å². The number of aromatic nitrogens is 2. The summed E-state index contributed by atoms with van der Waals surface area (Å²) in [5.41, 5.74) is -13.1. The van der Waals surface area contributed by atoms with Crippen LogP contribution in [0, 0.1) is 116 Å². The summed E-state index contributed by atoms with van der Waals surface area (Å²) in [7, 11) is 0. The lowest BCUT2D eigenvalue weighted by molar-refractivity contribution is -0.692. The van der Waals surface area contributed by atoms with Crippen LogP contribution in [-0.4, -0.2) is 11.1 Å². The van der Waals surface area contributed by atoms with Crippen molar-refractivity contribution < 1.29 is 97.1 Å². The van der Waals surface area contributed by atoms with Crippen LogP contribution < -0.4 is 31.2 Å². The zero-order valence-corrected chi connectivity index (χ0v) is 35.5. The fourth-order valence-corrected chi connectivity index (χ4v) is 8.46. The Morgan fingerprint density at radius 1 is 0.370 bits per heavy atom. The van der Waals surface area contributed by atoms with Gasteiger partial charge in [0.05, 0.1) is 6.20 Å². The molecule has 0 atom stereocenters. The molecule has 0 saturated carbocycles. The Hall–Kier alpha value is -8.18. The van der Waals surface area contributed by atoms with Gasteiger partial charge in [0.1, 0.15) is 64.6 Å². The maximum atomic E-state index is 15.4. The smallest absolute Gasteiger partial charge is 0.392 e. The van der Waals surface area contributed by atoms with Crippen LogP contribution in [0.25, 0.3) is 21.5 Å². The highest BCUT2D eigenvalue weighted by Gasteiger charge is 2.52. The van der Waals surface area contributed by atoms with Gasteiger partial charge in [-0.15, -0.1) is 21.9 Å². The van der Waals surface area contributed by atoms with Crippen molar-refractivity contribution >= 4 is 49.5 Å². The van der Waals surface area contributed by atoms with E-state index in [0.717, 1.165) is 23.1 Å². The van der Waals surface area contributed by atoms with Crippen molar-refractivity contribution in [3.05, 3.63) is 225 Å². The fourth-order valence-electron chi connectivity index (χ4n) is 8.46. The molecule has 0 saturated heterocycles. The second-order valence-electron chi connectivity index (χ2n) is 15.6. The summed E-state index contributed by atoms with van der Waals surface area (Å²) in [6.07, 6.45) is -1.71. The largest absolute Gasteiger partial charge is 0.403 e. The van der Waals surface area contributed by atoms with Gasteiger partial charge in [-0.3, -0.25) is 0 Å². The number of halogens is 20. The molecule has 1 heterocycles. The second-order valence-corrected chi connectivity index (χ2v) is 15.6. The highest BCUT2D eigenvalue weighted by Crippen LogP contribution is 2.36. The van der Waals surface area contributed by atoms with E-state index in [9.17, 15) is 52.7 Å². The highest BCUT2D eigenvalue weighted by atomic mass is 19.2. The highest BCUT2D eigenvalue weighted by molar-refractivity contribution is 7.20. The van der Waals surface area contributed by atoms with Crippen LogP contribution in [0.15, 0.2) is 104 Å². The molecule has 9 rings (SSSR count). The van der Waals surface area contributed by atoms with E-state index in [1.54, 1.807) is 12.4 Å². The lowest BCUT2D eigenvalue weighted by Crippen LogP contribution is -2.81. The maximum Gasteiger partial charge on any atom is 0.392 e. The normalized spacial score (nSPS) is 11.6. The Morgan fingerprint density at radius 2 is 0.699 bits per heavy atom. The summed E-state index contributed by atoms with van der Waals surface area (Å²) in [6, 6.07) is 29.2. The molecule has 8 aromatic carbocycles. The van der Waals surface area contributed by atoms with Crippen molar-refractivity contribution in [1.82, 2.24) is 4.98 Å². The Morgan fingerprint density at radius 3 is 1.10 bits per heavy atom. The van der Waals surface area contributed by atoms with Crippen LogP contribution in [0.5, 0.6) is 11.6 Å². The van der Waals surface area contributed by atoms with Gasteiger partial charge < -0.3 is 4.74 Å². The molecule has 0 amide bonds. The second kappa shape index (κ2) is 19.4. The molecular weight excluding hydrogens is 1020 g/mol. The molecule has 9 aromatic rings. The number of ether oxygens (including phenoxy) is 1. The average Bonchev–Trinajstić information content (AvgIpc) is 3.39. The van der Waals surface area contributed by atoms with Crippen LogP contribution in [0.4, 0.5) is 87.8 Å². The Kier molecular flexibility index (Phi) is 13.6. The number of hydrogen-bond acceptors (Lipinski definition) is 2. The zero-order valence-electron chi connectivity index (χ0n) is 35.5. The van der Waals surface area contributed by atoms with E-state index < -0.39 is 144 Å². The third-order valence-electron chi connectivity index (χ3n) is 11.6. The first kappa shape index (κ1) is 51.2. The van der Waals surface area contributed by atoms with Gasteiger partial charge in [-0.05, 0) is 22.2 Å². The summed E-state index contributed by atoms with van der Waals surface area (Å²) < 4.78 is 302. The first-order chi connectivity index (χ1) is 34.6. The molecule has 0 bridgehead atoms. The summed E-state index contributed by atoms with van der Waals surface area (Å²) in [5.74, 6) is -69.9. The Bertz CT molecular complexity index is 3330. The lowest BCUT2D eigenvalue weighted by atomic mass is 9.12. The van der Waals surface area contributed by atoms with E-state index in [1.165, 1.54) is 16.3 Å². The van der Waals surface area contributed by atoms with Crippen LogP contribution >= 0.6 is 0 Å². The molecule has 374 valence electrons. The number of nitrogens with zero attached hydrogens (tertiary/aromatic N) is 2. The van der Waals surface area contributed by atoms with E-state index in [2.05, 4.69) is 82.3 Å². The summed E-state index contributed by atoms with van der Waals surface area (Å²) in [5, 5.41) is 4.67. The van der Waals surface area contributed by atoms with Crippen LogP contribution in [0.1, 0.15) is 5.56 Å². The van der Waals surface area contributed by atoms with E-state index in [0.29, 0.717) is 5.88 Å². The van der Waals surface area contributed by atoms with Crippen molar-refractivity contribution in [3.63, 3.8) is 0 Å². The van der Waals surface area contributed by atoms with E-state index in [-0.39, 0.29) is 0 Å². The minimum Gasteiger partial charge on any atom is -0.403 e. The summed E-state index contributed by atoms with van der Waals surface area (Å²) in [4.78, 5) is 4.28. The van der Waals surface area contributed by atoms with Crippen LogP contribution in [0.2, 0.25) is 0 Å². The van der Waals surface area contributed by atoms with Gasteiger partial charge in [0.2, 0.25) is 0 Å². The standard InChI is InChI=1S/C25H19N2O.C24BF20/c1-2-8-19(9-3-1)18-27-15-14-26-17-25(27)28-24-16-20-10-4-5-11-21(20)22-12-6-7-13-23(22)24;26-5-1(6(27)14(35)21(42)13(5)34)25(2-7(28)15(36)22(43)16(37)8(2)29,3-9(30)17(38)23(44)18(39)10(3)31)4-11(32)19(40)24(45)20(41)12(4)33/h1-17H,18H2;/q+1;-1. The predicted octanol–water partition coefficient (Wildman–Crippen LogP) is 11.4. The molecule has 0 aliphatic heterocycles. The van der Waals surface area contributed by atoms with Gasteiger partial charge in [0, 0.05) is 10.9 Å². The molecule has 0 spiro atoms. The quantitative estimate of drug-likeness (QED) is 0.0379. The SMILES string of the molecule is Fc1c(F)c(F)c([B-](c2c(F)c(F)c(F)c(F)c2F)(c2c(F)c(F)c(F)c(F)c2F)c2c(F)c(F)c(F)c(F)c2F)c(F)c1F.c1ccc(C[n+]2ccncc2Oc2cc3ccccc3c3ccccc23)cc1. The molecule has 1 aromatic heterocycles. The molecule has 24 heteroatoms. The van der Waals surface area contributed by atoms with Gasteiger partial charge >= 0.3 is 5.88 Å². The minimum absolute atomic E-state index is 0.715.